The summed E-state index contributed by atoms with van der Waals surface area (Å²) in [5, 5.41) is 4.83. The van der Waals surface area contributed by atoms with Crippen molar-refractivity contribution in [3.05, 3.63) is 59.7 Å². The first-order chi connectivity index (χ1) is 10.4. The van der Waals surface area contributed by atoms with Gasteiger partial charge in [-0.15, -0.1) is 0 Å². The molecule has 22 heavy (non-hydrogen) atoms. The quantitative estimate of drug-likeness (QED) is 0.482. The van der Waals surface area contributed by atoms with Crippen LogP contribution in [0.15, 0.2) is 53.6 Å². The number of ether oxygens (including phenoxy) is 2. The molecule has 2 aromatic rings. The van der Waals surface area contributed by atoms with E-state index < -0.39 is 0 Å². The highest BCUT2D eigenvalue weighted by Crippen LogP contribution is 2.19. The van der Waals surface area contributed by atoms with Crippen LogP contribution in [0, 0.1) is 0 Å². The highest BCUT2D eigenvalue weighted by Gasteiger charge is 2.14. The molecule has 0 fully saturated rings. The number of rotatable bonds is 5. The lowest BCUT2D eigenvalue weighted by Crippen LogP contribution is -2.29. The van der Waals surface area contributed by atoms with Crippen LogP contribution in [-0.2, 0) is 0 Å². The van der Waals surface area contributed by atoms with Gasteiger partial charge in [-0.05, 0) is 48.5 Å². The number of nitrogens with zero attached hydrogens (tertiary/aromatic N) is 2. The van der Waals surface area contributed by atoms with Gasteiger partial charge in [-0.3, -0.25) is 0 Å². The monoisotopic (exact) mass is 299 g/mol. The maximum atomic E-state index is 5.23. The zero-order valence-corrected chi connectivity index (χ0v) is 13.8. The van der Waals surface area contributed by atoms with Crippen LogP contribution < -0.4 is 9.47 Å². The third-order valence-corrected chi connectivity index (χ3v) is 3.13. The fraction of sp³-hybridized carbons (Fsp3) is 0.278. The van der Waals surface area contributed by atoms with E-state index in [1.54, 1.807) is 14.2 Å². The highest BCUT2D eigenvalue weighted by molar-refractivity contribution is 6.12. The second kappa shape index (κ2) is 6.62. The molecule has 0 aliphatic rings. The van der Waals surface area contributed by atoms with Crippen LogP contribution >= 0.6 is 0 Å². The molecule has 0 atom stereocenters. The number of benzene rings is 2. The number of quaternary nitrogens is 1. The molecule has 0 N–H and O–H groups in total. The van der Waals surface area contributed by atoms with Crippen LogP contribution in [0.4, 0.5) is 0 Å². The Hall–Kier alpha value is -2.33. The molecular formula is C18H23N2O2+. The summed E-state index contributed by atoms with van der Waals surface area (Å²) >= 11 is 0. The van der Waals surface area contributed by atoms with E-state index in [-0.39, 0.29) is 0 Å². The smallest absolute Gasteiger partial charge is 0.133 e. The van der Waals surface area contributed by atoms with Gasteiger partial charge in [-0.25, -0.2) is 4.59 Å². The Morgan fingerprint density at radius 3 is 1.36 bits per heavy atom. The molecule has 0 bridgehead atoms. The molecule has 0 radical (unpaired) electrons. The molecule has 4 heteroatoms. The summed E-state index contributed by atoms with van der Waals surface area (Å²) in [5.74, 6) is 1.67. The van der Waals surface area contributed by atoms with E-state index in [4.69, 9.17) is 14.6 Å². The Morgan fingerprint density at radius 1 is 0.727 bits per heavy atom. The van der Waals surface area contributed by atoms with Gasteiger partial charge in [0, 0.05) is 11.1 Å². The average molecular weight is 299 g/mol. The van der Waals surface area contributed by atoms with Crippen molar-refractivity contribution in [3.8, 4) is 11.5 Å². The molecule has 4 nitrogen and oxygen atoms in total. The van der Waals surface area contributed by atoms with Crippen molar-refractivity contribution in [2.24, 2.45) is 5.10 Å². The minimum atomic E-state index is 0.493. The largest absolute Gasteiger partial charge is 0.497 e. The predicted octanol–water partition coefficient (Wildman–Crippen LogP) is 3.16. The van der Waals surface area contributed by atoms with Crippen LogP contribution in [0.25, 0.3) is 0 Å². The Labute approximate surface area is 132 Å². The van der Waals surface area contributed by atoms with E-state index in [9.17, 15) is 0 Å². The summed E-state index contributed by atoms with van der Waals surface area (Å²) in [4.78, 5) is 0. The Kier molecular flexibility index (Phi) is 4.83. The van der Waals surface area contributed by atoms with Crippen molar-refractivity contribution in [2.75, 3.05) is 35.4 Å². The van der Waals surface area contributed by atoms with Gasteiger partial charge in [0.1, 0.15) is 17.2 Å². The fourth-order valence-corrected chi connectivity index (χ4v) is 2.08. The van der Waals surface area contributed by atoms with Gasteiger partial charge in [-0.1, -0.05) is 5.10 Å². The first kappa shape index (κ1) is 16.0. The van der Waals surface area contributed by atoms with Crippen LogP contribution in [0.3, 0.4) is 0 Å². The maximum Gasteiger partial charge on any atom is 0.133 e. The molecule has 2 aromatic carbocycles. The molecule has 116 valence electrons. The topological polar surface area (TPSA) is 30.8 Å². The van der Waals surface area contributed by atoms with Crippen LogP contribution in [-0.4, -0.2) is 45.7 Å². The third kappa shape index (κ3) is 4.09. The first-order valence-corrected chi connectivity index (χ1v) is 7.13. The SMILES string of the molecule is COc1ccc(C(=N[N+](C)(C)C)c2ccc(OC)cc2)cc1. The van der Waals surface area contributed by atoms with E-state index in [0.29, 0.717) is 4.59 Å². The van der Waals surface area contributed by atoms with E-state index >= 15 is 0 Å². The summed E-state index contributed by atoms with van der Waals surface area (Å²) in [6.07, 6.45) is 0. The second-order valence-electron chi connectivity index (χ2n) is 5.85. The van der Waals surface area contributed by atoms with Crippen molar-refractivity contribution in [3.63, 3.8) is 0 Å². The Morgan fingerprint density at radius 2 is 1.09 bits per heavy atom. The van der Waals surface area contributed by atoms with Crippen LogP contribution in [0.2, 0.25) is 0 Å². The summed E-state index contributed by atoms with van der Waals surface area (Å²) in [7, 11) is 9.44. The van der Waals surface area contributed by atoms with Crippen molar-refractivity contribution in [1.29, 1.82) is 0 Å². The van der Waals surface area contributed by atoms with Gasteiger partial charge in [0.25, 0.3) is 0 Å². The summed E-state index contributed by atoms with van der Waals surface area (Å²) in [6, 6.07) is 15.9. The molecular weight excluding hydrogens is 276 g/mol. The highest BCUT2D eigenvalue weighted by atomic mass is 16.5. The average Bonchev–Trinajstić information content (AvgIpc) is 2.52. The van der Waals surface area contributed by atoms with E-state index in [1.807, 2.05) is 69.7 Å². The van der Waals surface area contributed by atoms with Gasteiger partial charge in [0.2, 0.25) is 0 Å². The summed E-state index contributed by atoms with van der Waals surface area (Å²) in [5.41, 5.74) is 3.05. The Balaban J connectivity index is 2.48. The standard InChI is InChI=1S/C18H23N2O2/c1-20(2,3)19-18(14-6-10-16(21-4)11-7-14)15-8-12-17(22-5)13-9-15/h6-13H,1-5H3/q+1. The van der Waals surface area contributed by atoms with Crippen LogP contribution in [0.1, 0.15) is 11.1 Å². The lowest BCUT2D eigenvalue weighted by atomic mass is 10.0. The normalized spacial score (nSPS) is 11.0. The van der Waals surface area contributed by atoms with Gasteiger partial charge in [0.05, 0.1) is 35.4 Å². The lowest BCUT2D eigenvalue weighted by Gasteiger charge is -2.18. The maximum absolute atomic E-state index is 5.23. The minimum absolute atomic E-state index is 0.493. The van der Waals surface area contributed by atoms with Gasteiger partial charge in [-0.2, -0.15) is 0 Å². The van der Waals surface area contributed by atoms with Gasteiger partial charge in [0.15, 0.2) is 0 Å². The molecule has 0 heterocycles. The molecule has 0 saturated heterocycles. The zero-order chi connectivity index (χ0) is 16.2. The fourth-order valence-electron chi connectivity index (χ4n) is 2.08. The molecule has 0 aromatic heterocycles. The van der Waals surface area contributed by atoms with E-state index in [1.165, 1.54) is 0 Å². The zero-order valence-electron chi connectivity index (χ0n) is 13.8. The first-order valence-electron chi connectivity index (χ1n) is 7.13. The summed E-state index contributed by atoms with van der Waals surface area (Å²) < 4.78 is 10.9. The number of hydrogen-bond donors (Lipinski definition) is 0. The van der Waals surface area contributed by atoms with Gasteiger partial charge < -0.3 is 9.47 Å². The molecule has 0 aliphatic carbocycles. The Bertz CT molecular complexity index is 589. The third-order valence-electron chi connectivity index (χ3n) is 3.13. The lowest BCUT2D eigenvalue weighted by molar-refractivity contribution is -0.877. The van der Waals surface area contributed by atoms with Crippen molar-refractivity contribution >= 4 is 5.71 Å². The minimum Gasteiger partial charge on any atom is -0.497 e. The van der Waals surface area contributed by atoms with E-state index in [0.717, 1.165) is 28.3 Å². The molecule has 2 rings (SSSR count). The van der Waals surface area contributed by atoms with Crippen molar-refractivity contribution in [2.45, 2.75) is 0 Å². The number of methoxy groups -OCH3 is 2. The second-order valence-corrected chi connectivity index (χ2v) is 5.85. The van der Waals surface area contributed by atoms with Crippen molar-refractivity contribution in [1.82, 2.24) is 0 Å². The van der Waals surface area contributed by atoms with E-state index in [2.05, 4.69) is 0 Å². The van der Waals surface area contributed by atoms with Crippen LogP contribution in [0.5, 0.6) is 11.5 Å². The van der Waals surface area contributed by atoms with Gasteiger partial charge >= 0.3 is 0 Å². The molecule has 0 saturated carbocycles. The molecule has 0 unspecified atom stereocenters. The predicted molar refractivity (Wildman–Crippen MR) is 89.7 cm³/mol. The molecule has 0 amide bonds. The molecule has 0 aliphatic heterocycles. The number of hydrogen-bond acceptors (Lipinski definition) is 3. The van der Waals surface area contributed by atoms with Crippen molar-refractivity contribution < 1.29 is 14.1 Å². The summed E-state index contributed by atoms with van der Waals surface area (Å²) in [6.45, 7) is 0. The molecule has 0 spiro atoms.